The van der Waals surface area contributed by atoms with Crippen LogP contribution in [0.3, 0.4) is 0 Å². The van der Waals surface area contributed by atoms with Crippen molar-refractivity contribution in [3.8, 4) is 0 Å². The number of allylic oxidation sites excluding steroid dienone is 4. The molecule has 0 aromatic carbocycles. The van der Waals surface area contributed by atoms with Crippen LogP contribution in [0.4, 0.5) is 8.78 Å². The van der Waals surface area contributed by atoms with E-state index in [1.54, 1.807) is 6.92 Å². The Kier molecular flexibility index (Phi) is 3.22. The van der Waals surface area contributed by atoms with E-state index in [9.17, 15) is 8.78 Å². The summed E-state index contributed by atoms with van der Waals surface area (Å²) in [6.07, 6.45) is 0.997. The van der Waals surface area contributed by atoms with E-state index in [1.807, 2.05) is 0 Å². The van der Waals surface area contributed by atoms with Gasteiger partial charge in [-0.2, -0.15) is 0 Å². The summed E-state index contributed by atoms with van der Waals surface area (Å²) in [6, 6.07) is 0. The lowest BCUT2D eigenvalue weighted by Gasteiger charge is -2.16. The Hall–Kier alpha value is -0.675. The zero-order chi connectivity index (χ0) is 10.0. The lowest BCUT2D eigenvalue weighted by atomic mass is 9.73. The highest BCUT2D eigenvalue weighted by atomic mass is 19.2. The second-order valence-electron chi connectivity index (χ2n) is 2.98. The molecule has 0 aromatic rings. The second kappa shape index (κ2) is 4.02. The van der Waals surface area contributed by atoms with Crippen molar-refractivity contribution in [1.82, 2.24) is 0 Å². The Morgan fingerprint density at radius 3 is 2.31 bits per heavy atom. The van der Waals surface area contributed by atoms with Gasteiger partial charge in [-0.15, -0.1) is 0 Å². The Morgan fingerprint density at radius 1 is 1.23 bits per heavy atom. The Bertz CT molecular complexity index is 271. The molecular weight excluding hydrogens is 177 g/mol. The van der Waals surface area contributed by atoms with Gasteiger partial charge < -0.3 is 10.0 Å². The normalized spacial score (nSPS) is 18.2. The van der Waals surface area contributed by atoms with Gasteiger partial charge in [0.15, 0.2) is 11.7 Å². The van der Waals surface area contributed by atoms with Gasteiger partial charge in [0, 0.05) is 0 Å². The molecule has 0 bridgehead atoms. The number of hydrogen-bond acceptors (Lipinski definition) is 2. The minimum atomic E-state index is -1.89. The molecule has 5 heteroatoms. The third-order valence-corrected chi connectivity index (χ3v) is 2.22. The molecule has 0 saturated carbocycles. The molecule has 0 spiro atoms. The first-order chi connectivity index (χ1) is 6.07. The maximum atomic E-state index is 13.1. The Labute approximate surface area is 75.7 Å². The van der Waals surface area contributed by atoms with Crippen molar-refractivity contribution in [1.29, 1.82) is 0 Å². The zero-order valence-electron chi connectivity index (χ0n) is 7.35. The van der Waals surface area contributed by atoms with Gasteiger partial charge in [-0.25, -0.2) is 8.78 Å². The summed E-state index contributed by atoms with van der Waals surface area (Å²) in [5, 5.41) is 17.4. The van der Waals surface area contributed by atoms with Gasteiger partial charge in [-0.1, -0.05) is 6.92 Å². The molecule has 0 amide bonds. The first kappa shape index (κ1) is 10.4. The Balaban J connectivity index is 3.02. The lowest BCUT2D eigenvalue weighted by molar-refractivity contribution is 0.408. The molecule has 0 unspecified atom stereocenters. The monoisotopic (exact) mass is 188 g/mol. The largest absolute Gasteiger partial charge is 0.487 e. The average molecular weight is 188 g/mol. The van der Waals surface area contributed by atoms with Crippen molar-refractivity contribution in [3.05, 3.63) is 22.7 Å². The van der Waals surface area contributed by atoms with Crippen LogP contribution in [0.25, 0.3) is 0 Å². The zero-order valence-corrected chi connectivity index (χ0v) is 7.35. The summed E-state index contributed by atoms with van der Waals surface area (Å²) in [5.74, 6) is -2.02. The highest BCUT2D eigenvalue weighted by Crippen LogP contribution is 2.33. The van der Waals surface area contributed by atoms with Crippen LogP contribution in [0.1, 0.15) is 26.2 Å². The predicted molar refractivity (Wildman–Crippen MR) is 46.0 cm³/mol. The second-order valence-corrected chi connectivity index (χ2v) is 2.98. The molecule has 0 atom stereocenters. The predicted octanol–water partition coefficient (Wildman–Crippen LogP) is 1.65. The SMILES string of the molecule is CCC1=C(F)C(F)=C(B(O)O)CC1. The van der Waals surface area contributed by atoms with Gasteiger partial charge in [0.1, 0.15) is 0 Å². The molecule has 72 valence electrons. The molecule has 2 N–H and O–H groups in total. The quantitative estimate of drug-likeness (QED) is 0.646. The van der Waals surface area contributed by atoms with E-state index in [0.29, 0.717) is 18.4 Å². The van der Waals surface area contributed by atoms with Gasteiger partial charge in [0.25, 0.3) is 0 Å². The van der Waals surface area contributed by atoms with E-state index >= 15 is 0 Å². The van der Waals surface area contributed by atoms with E-state index in [1.165, 1.54) is 0 Å². The van der Waals surface area contributed by atoms with Gasteiger partial charge in [-0.05, 0) is 30.3 Å². The maximum Gasteiger partial charge on any atom is 0.487 e. The standard InChI is InChI=1S/C8H11BF2O2/c1-2-5-3-4-6(9(12)13)8(11)7(5)10/h12-13H,2-4H2,1H3. The summed E-state index contributed by atoms with van der Waals surface area (Å²) in [6.45, 7) is 1.74. The van der Waals surface area contributed by atoms with E-state index in [4.69, 9.17) is 10.0 Å². The van der Waals surface area contributed by atoms with Crippen LogP contribution in [0.2, 0.25) is 0 Å². The molecule has 0 heterocycles. The summed E-state index contributed by atoms with van der Waals surface area (Å²) in [7, 11) is -1.89. The molecule has 1 aliphatic carbocycles. The highest BCUT2D eigenvalue weighted by Gasteiger charge is 2.27. The van der Waals surface area contributed by atoms with E-state index in [0.717, 1.165) is 0 Å². The van der Waals surface area contributed by atoms with Crippen LogP contribution in [0.15, 0.2) is 22.7 Å². The first-order valence-electron chi connectivity index (χ1n) is 4.20. The van der Waals surface area contributed by atoms with Crippen molar-refractivity contribution in [2.45, 2.75) is 26.2 Å². The summed E-state index contributed by atoms with van der Waals surface area (Å²) in [4.78, 5) is 0. The van der Waals surface area contributed by atoms with Crippen LogP contribution in [0.5, 0.6) is 0 Å². The minimum Gasteiger partial charge on any atom is -0.423 e. The van der Waals surface area contributed by atoms with E-state index in [-0.39, 0.29) is 11.9 Å². The summed E-state index contributed by atoms with van der Waals surface area (Å²) < 4.78 is 26.1. The smallest absolute Gasteiger partial charge is 0.423 e. The third-order valence-electron chi connectivity index (χ3n) is 2.22. The van der Waals surface area contributed by atoms with Crippen LogP contribution in [0, 0.1) is 0 Å². The molecular formula is C8H11BF2O2. The van der Waals surface area contributed by atoms with Crippen molar-refractivity contribution in [3.63, 3.8) is 0 Å². The van der Waals surface area contributed by atoms with Crippen molar-refractivity contribution >= 4 is 7.12 Å². The van der Waals surface area contributed by atoms with Gasteiger partial charge in [0.05, 0.1) is 0 Å². The molecule has 2 nitrogen and oxygen atoms in total. The fourth-order valence-electron chi connectivity index (χ4n) is 1.38. The Morgan fingerprint density at radius 2 is 1.85 bits per heavy atom. The molecule has 0 radical (unpaired) electrons. The number of halogens is 2. The van der Waals surface area contributed by atoms with Gasteiger partial charge in [0.2, 0.25) is 0 Å². The van der Waals surface area contributed by atoms with Crippen molar-refractivity contribution < 1.29 is 18.8 Å². The average Bonchev–Trinajstić information content (AvgIpc) is 2.09. The van der Waals surface area contributed by atoms with Crippen molar-refractivity contribution in [2.24, 2.45) is 0 Å². The molecule has 0 aliphatic heterocycles. The summed E-state index contributed by atoms with van der Waals surface area (Å²) >= 11 is 0. The molecule has 13 heavy (non-hydrogen) atoms. The maximum absolute atomic E-state index is 13.1. The van der Waals surface area contributed by atoms with Crippen molar-refractivity contribution in [2.75, 3.05) is 0 Å². The molecule has 1 rings (SSSR count). The van der Waals surface area contributed by atoms with Crippen LogP contribution in [-0.4, -0.2) is 17.2 Å². The molecule has 1 aliphatic rings. The number of rotatable bonds is 2. The molecule has 0 saturated heterocycles. The van der Waals surface area contributed by atoms with E-state index in [2.05, 4.69) is 0 Å². The number of hydrogen-bond donors (Lipinski definition) is 2. The lowest BCUT2D eigenvalue weighted by Crippen LogP contribution is -2.19. The van der Waals surface area contributed by atoms with Crippen LogP contribution in [-0.2, 0) is 0 Å². The molecule has 0 aromatic heterocycles. The fraction of sp³-hybridized carbons (Fsp3) is 0.500. The topological polar surface area (TPSA) is 40.5 Å². The third kappa shape index (κ3) is 1.98. The fourth-order valence-corrected chi connectivity index (χ4v) is 1.38. The van der Waals surface area contributed by atoms with Gasteiger partial charge in [-0.3, -0.25) is 0 Å². The first-order valence-corrected chi connectivity index (χ1v) is 4.20. The van der Waals surface area contributed by atoms with Crippen LogP contribution >= 0.6 is 0 Å². The highest BCUT2D eigenvalue weighted by molar-refractivity contribution is 6.51. The van der Waals surface area contributed by atoms with Crippen LogP contribution < -0.4 is 0 Å². The molecule has 0 fully saturated rings. The minimum absolute atomic E-state index is 0.181. The summed E-state index contributed by atoms with van der Waals surface area (Å²) in [5.41, 5.74) is 0.150. The van der Waals surface area contributed by atoms with Gasteiger partial charge >= 0.3 is 7.12 Å². The van der Waals surface area contributed by atoms with E-state index < -0.39 is 18.8 Å².